The summed E-state index contributed by atoms with van der Waals surface area (Å²) in [5.74, 6) is 1.36. The van der Waals surface area contributed by atoms with Gasteiger partial charge in [0.1, 0.15) is 0 Å². The van der Waals surface area contributed by atoms with Crippen LogP contribution >= 0.6 is 11.3 Å². The maximum Gasteiger partial charge on any atom is 0.241 e. The van der Waals surface area contributed by atoms with Gasteiger partial charge in [-0.15, -0.1) is 0 Å². The minimum Gasteiger partial charge on any atom is -0.338 e. The van der Waals surface area contributed by atoms with Crippen molar-refractivity contribution in [3.8, 4) is 11.4 Å². The predicted octanol–water partition coefficient (Wildman–Crippen LogP) is 3.49. The fraction of sp³-hybridized carbons (Fsp3) is 0.471. The monoisotopic (exact) mass is 343 g/mol. The number of thiophene rings is 1. The van der Waals surface area contributed by atoms with Crippen LogP contribution in [0.5, 0.6) is 0 Å². The zero-order valence-electron chi connectivity index (χ0n) is 14.2. The Balaban J connectivity index is 1.56. The molecule has 0 saturated carbocycles. The number of nitrogens with zero attached hydrogens (tertiary/aromatic N) is 5. The quantitative estimate of drug-likeness (QED) is 0.726. The van der Waals surface area contributed by atoms with E-state index >= 15 is 0 Å². The van der Waals surface area contributed by atoms with Crippen molar-refractivity contribution in [1.29, 1.82) is 0 Å². The molecular weight excluding hydrogens is 322 g/mol. The Labute approximate surface area is 145 Å². The Kier molecular flexibility index (Phi) is 3.97. The van der Waals surface area contributed by atoms with Gasteiger partial charge in [0.2, 0.25) is 11.7 Å². The lowest BCUT2D eigenvalue weighted by atomic mass is 10.0. The molecule has 6 nitrogen and oxygen atoms in total. The molecule has 3 aromatic heterocycles. The number of aromatic nitrogens is 4. The minimum absolute atomic E-state index is 0.384. The van der Waals surface area contributed by atoms with Gasteiger partial charge in [0, 0.05) is 35.3 Å². The van der Waals surface area contributed by atoms with E-state index in [0.717, 1.165) is 24.2 Å². The first kappa shape index (κ1) is 15.5. The molecule has 4 heterocycles. The lowest BCUT2D eigenvalue weighted by Gasteiger charge is -2.23. The van der Waals surface area contributed by atoms with E-state index in [-0.39, 0.29) is 0 Å². The molecule has 1 saturated heterocycles. The molecule has 0 spiro atoms. The molecule has 1 aliphatic rings. The Morgan fingerprint density at radius 1 is 1.38 bits per heavy atom. The van der Waals surface area contributed by atoms with Gasteiger partial charge in [-0.1, -0.05) is 5.16 Å². The van der Waals surface area contributed by atoms with Gasteiger partial charge in [0.05, 0.1) is 12.2 Å². The van der Waals surface area contributed by atoms with E-state index in [0.29, 0.717) is 24.3 Å². The highest BCUT2D eigenvalue weighted by Gasteiger charge is 2.31. The molecule has 4 rings (SSSR count). The van der Waals surface area contributed by atoms with E-state index in [1.165, 1.54) is 17.7 Å². The van der Waals surface area contributed by atoms with Crippen molar-refractivity contribution in [1.82, 2.24) is 24.8 Å². The highest BCUT2D eigenvalue weighted by molar-refractivity contribution is 7.08. The van der Waals surface area contributed by atoms with Crippen molar-refractivity contribution in [2.75, 3.05) is 6.54 Å². The van der Waals surface area contributed by atoms with Crippen LogP contribution < -0.4 is 0 Å². The Morgan fingerprint density at radius 3 is 2.96 bits per heavy atom. The van der Waals surface area contributed by atoms with Gasteiger partial charge >= 0.3 is 0 Å². The maximum absolute atomic E-state index is 5.48. The second kappa shape index (κ2) is 6.14. The Hall–Kier alpha value is -1.99. The van der Waals surface area contributed by atoms with Crippen LogP contribution in [-0.2, 0) is 13.6 Å². The molecule has 0 unspecified atom stereocenters. The van der Waals surface area contributed by atoms with Crippen molar-refractivity contribution in [3.05, 3.63) is 39.7 Å². The summed E-state index contributed by atoms with van der Waals surface area (Å²) in [4.78, 5) is 6.99. The second-order valence-electron chi connectivity index (χ2n) is 6.36. The number of likely N-dealkylation sites (tertiary alicyclic amines) is 1. The normalized spacial score (nSPS) is 18.5. The van der Waals surface area contributed by atoms with Gasteiger partial charge in [-0.2, -0.15) is 21.4 Å². The standard InChI is InChI=1S/C17H21N5OS/c1-11-16(12(2)21(3)19-11)14-5-4-7-22(14)9-15-18-17(20-23-15)13-6-8-24-10-13/h6,8,10,14H,4-5,7,9H2,1-3H3/t14-/m0/s1. The van der Waals surface area contributed by atoms with Gasteiger partial charge in [0.25, 0.3) is 0 Å². The zero-order chi connectivity index (χ0) is 16.7. The first-order chi connectivity index (χ1) is 11.6. The summed E-state index contributed by atoms with van der Waals surface area (Å²) in [6.45, 7) is 5.98. The SMILES string of the molecule is Cc1nn(C)c(C)c1[C@@H]1CCCN1Cc1nc(-c2ccsc2)no1. The van der Waals surface area contributed by atoms with Gasteiger partial charge in [-0.25, -0.2) is 0 Å². The molecule has 0 aromatic carbocycles. The van der Waals surface area contributed by atoms with E-state index in [9.17, 15) is 0 Å². The molecule has 0 aliphatic carbocycles. The average molecular weight is 343 g/mol. The largest absolute Gasteiger partial charge is 0.338 e. The van der Waals surface area contributed by atoms with Crippen molar-refractivity contribution >= 4 is 11.3 Å². The van der Waals surface area contributed by atoms with Gasteiger partial charge in [-0.3, -0.25) is 9.58 Å². The number of hydrogen-bond donors (Lipinski definition) is 0. The lowest BCUT2D eigenvalue weighted by molar-refractivity contribution is 0.211. The van der Waals surface area contributed by atoms with Crippen molar-refractivity contribution in [2.45, 2.75) is 39.3 Å². The van der Waals surface area contributed by atoms with E-state index in [1.54, 1.807) is 11.3 Å². The maximum atomic E-state index is 5.48. The average Bonchev–Trinajstić information content (AvgIpc) is 3.30. The van der Waals surface area contributed by atoms with E-state index in [4.69, 9.17) is 4.52 Å². The molecule has 0 amide bonds. The zero-order valence-corrected chi connectivity index (χ0v) is 15.0. The van der Waals surface area contributed by atoms with Crippen LogP contribution in [0.15, 0.2) is 21.3 Å². The van der Waals surface area contributed by atoms with Crippen molar-refractivity contribution < 1.29 is 4.52 Å². The summed E-state index contributed by atoms with van der Waals surface area (Å²) in [5, 5.41) is 12.8. The van der Waals surface area contributed by atoms with Crippen LogP contribution in [0.25, 0.3) is 11.4 Å². The van der Waals surface area contributed by atoms with E-state index in [1.807, 2.05) is 28.6 Å². The fourth-order valence-electron chi connectivity index (χ4n) is 3.62. The first-order valence-electron chi connectivity index (χ1n) is 8.23. The van der Waals surface area contributed by atoms with Crippen LogP contribution in [-0.4, -0.2) is 31.4 Å². The molecule has 126 valence electrons. The molecule has 0 radical (unpaired) electrons. The molecule has 1 atom stereocenters. The van der Waals surface area contributed by atoms with Crippen molar-refractivity contribution in [2.24, 2.45) is 7.05 Å². The molecule has 0 N–H and O–H groups in total. The van der Waals surface area contributed by atoms with E-state index < -0.39 is 0 Å². The summed E-state index contributed by atoms with van der Waals surface area (Å²) < 4.78 is 7.46. The molecule has 1 aliphatic heterocycles. The molecule has 0 bridgehead atoms. The Morgan fingerprint density at radius 2 is 2.25 bits per heavy atom. The number of hydrogen-bond acceptors (Lipinski definition) is 6. The number of aryl methyl sites for hydroxylation is 2. The highest BCUT2D eigenvalue weighted by atomic mass is 32.1. The predicted molar refractivity (Wildman–Crippen MR) is 92.7 cm³/mol. The van der Waals surface area contributed by atoms with Gasteiger partial charge < -0.3 is 4.52 Å². The molecule has 1 fully saturated rings. The molecule has 3 aromatic rings. The lowest BCUT2D eigenvalue weighted by Crippen LogP contribution is -2.23. The second-order valence-corrected chi connectivity index (χ2v) is 7.14. The third-order valence-electron chi connectivity index (χ3n) is 4.85. The summed E-state index contributed by atoms with van der Waals surface area (Å²) in [6, 6.07) is 2.40. The molecular formula is C17H21N5OS. The summed E-state index contributed by atoms with van der Waals surface area (Å²) in [7, 11) is 2.01. The first-order valence-corrected chi connectivity index (χ1v) is 9.17. The van der Waals surface area contributed by atoms with Crippen LogP contribution in [0.3, 0.4) is 0 Å². The Bertz CT molecular complexity index is 835. The minimum atomic E-state index is 0.384. The van der Waals surface area contributed by atoms with Gasteiger partial charge in [-0.05, 0) is 44.7 Å². The van der Waals surface area contributed by atoms with Gasteiger partial charge in [0.15, 0.2) is 0 Å². The molecule has 7 heteroatoms. The van der Waals surface area contributed by atoms with Crippen LogP contribution in [0, 0.1) is 13.8 Å². The summed E-state index contributed by atoms with van der Waals surface area (Å²) in [6.07, 6.45) is 2.34. The van der Waals surface area contributed by atoms with Crippen LogP contribution in [0.2, 0.25) is 0 Å². The van der Waals surface area contributed by atoms with Crippen LogP contribution in [0.4, 0.5) is 0 Å². The highest BCUT2D eigenvalue weighted by Crippen LogP contribution is 2.36. The third kappa shape index (κ3) is 2.67. The van der Waals surface area contributed by atoms with Crippen molar-refractivity contribution in [3.63, 3.8) is 0 Å². The smallest absolute Gasteiger partial charge is 0.241 e. The summed E-state index contributed by atoms with van der Waals surface area (Å²) >= 11 is 1.64. The summed E-state index contributed by atoms with van der Waals surface area (Å²) in [5.41, 5.74) is 4.74. The van der Waals surface area contributed by atoms with E-state index in [2.05, 4.69) is 34.0 Å². The fourth-order valence-corrected chi connectivity index (χ4v) is 4.25. The van der Waals surface area contributed by atoms with Crippen LogP contribution in [0.1, 0.15) is 41.7 Å². The topological polar surface area (TPSA) is 60.0 Å². The number of rotatable bonds is 4. The third-order valence-corrected chi connectivity index (χ3v) is 5.53. The molecule has 24 heavy (non-hydrogen) atoms.